The molecule has 1 saturated heterocycles. The number of nitrogens with one attached hydrogen (secondary N) is 1. The number of carbonyl (C=O) groups excluding carboxylic acids is 1. The molecule has 1 saturated carbocycles. The van der Waals surface area contributed by atoms with Crippen molar-refractivity contribution < 1.29 is 4.79 Å². The molecular formula is C25H29N5OS. The van der Waals surface area contributed by atoms with E-state index in [1.165, 1.54) is 17.3 Å². The Morgan fingerprint density at radius 3 is 2.50 bits per heavy atom. The molecule has 1 N–H and O–H groups in total. The third kappa shape index (κ3) is 4.89. The number of hydrogen-bond acceptors (Lipinski definition) is 5. The molecule has 5 rings (SSSR count). The third-order valence-electron chi connectivity index (χ3n) is 6.13. The number of benzene rings is 2. The summed E-state index contributed by atoms with van der Waals surface area (Å²) in [6.45, 7) is 4.79. The standard InChI is InChI=1S/C25H29N5OS/c1-18(24(31)26-21-14-15-29(17-21)16-19-8-4-2-5-9-19)32-25-28-27-23(20-12-13-20)30(25)22-10-6-3-7-11-22/h2-11,18,20-21H,12-17H2,1H3,(H,26,31). The lowest BCUT2D eigenvalue weighted by Crippen LogP contribution is -2.40. The van der Waals surface area contributed by atoms with Crippen LogP contribution >= 0.6 is 11.8 Å². The Morgan fingerprint density at radius 1 is 1.06 bits per heavy atom. The molecule has 1 aromatic heterocycles. The van der Waals surface area contributed by atoms with E-state index in [1.807, 2.05) is 31.2 Å². The van der Waals surface area contributed by atoms with Gasteiger partial charge in [0.05, 0.1) is 5.25 Å². The first-order valence-electron chi connectivity index (χ1n) is 11.4. The number of amides is 1. The van der Waals surface area contributed by atoms with E-state index in [9.17, 15) is 4.79 Å². The highest BCUT2D eigenvalue weighted by Crippen LogP contribution is 2.41. The van der Waals surface area contributed by atoms with E-state index in [4.69, 9.17) is 0 Å². The average molecular weight is 448 g/mol. The number of hydrogen-bond donors (Lipinski definition) is 1. The van der Waals surface area contributed by atoms with Crippen LogP contribution in [0.2, 0.25) is 0 Å². The average Bonchev–Trinajstić information content (AvgIpc) is 3.44. The number of aromatic nitrogens is 3. The third-order valence-corrected chi connectivity index (χ3v) is 7.18. The summed E-state index contributed by atoms with van der Waals surface area (Å²) < 4.78 is 2.13. The lowest BCUT2D eigenvalue weighted by Gasteiger charge is -2.18. The molecule has 2 heterocycles. The maximum absolute atomic E-state index is 13.0. The second-order valence-corrected chi connectivity index (χ2v) is 10.1. The molecule has 6 nitrogen and oxygen atoms in total. The zero-order valence-corrected chi connectivity index (χ0v) is 19.2. The van der Waals surface area contributed by atoms with Crippen LogP contribution < -0.4 is 5.32 Å². The second-order valence-electron chi connectivity index (χ2n) is 8.76. The summed E-state index contributed by atoms with van der Waals surface area (Å²) in [6, 6.07) is 20.9. The minimum absolute atomic E-state index is 0.0668. The Labute approximate surface area is 193 Å². The Balaban J connectivity index is 1.20. The summed E-state index contributed by atoms with van der Waals surface area (Å²) >= 11 is 1.49. The van der Waals surface area contributed by atoms with Crippen LogP contribution in [-0.2, 0) is 11.3 Å². The van der Waals surface area contributed by atoms with Crippen molar-refractivity contribution in [2.24, 2.45) is 0 Å². The molecule has 0 bridgehead atoms. The van der Waals surface area contributed by atoms with Gasteiger partial charge in [-0.2, -0.15) is 0 Å². The largest absolute Gasteiger partial charge is 0.351 e. The Morgan fingerprint density at radius 2 is 1.78 bits per heavy atom. The van der Waals surface area contributed by atoms with Crippen LogP contribution in [-0.4, -0.2) is 50.0 Å². The quantitative estimate of drug-likeness (QED) is 0.529. The van der Waals surface area contributed by atoms with Gasteiger partial charge in [0, 0.05) is 37.3 Å². The molecule has 2 aromatic carbocycles. The van der Waals surface area contributed by atoms with Gasteiger partial charge in [-0.15, -0.1) is 10.2 Å². The Kier molecular flexibility index (Phi) is 6.28. The van der Waals surface area contributed by atoms with Crippen molar-refractivity contribution in [2.75, 3.05) is 13.1 Å². The maximum Gasteiger partial charge on any atom is 0.233 e. The van der Waals surface area contributed by atoms with Crippen LogP contribution in [0.1, 0.15) is 43.5 Å². The fraction of sp³-hybridized carbons (Fsp3) is 0.400. The molecule has 166 valence electrons. The molecule has 7 heteroatoms. The fourth-order valence-corrected chi connectivity index (χ4v) is 5.13. The molecule has 1 aliphatic heterocycles. The fourth-order valence-electron chi connectivity index (χ4n) is 4.25. The van der Waals surface area contributed by atoms with Crippen molar-refractivity contribution in [2.45, 2.75) is 55.1 Å². The lowest BCUT2D eigenvalue weighted by atomic mass is 10.2. The van der Waals surface area contributed by atoms with Crippen LogP contribution in [0, 0.1) is 0 Å². The molecule has 2 atom stereocenters. The van der Waals surface area contributed by atoms with E-state index < -0.39 is 0 Å². The normalized spacial score (nSPS) is 19.7. The molecule has 3 aromatic rings. The molecule has 1 amide bonds. The van der Waals surface area contributed by atoms with Gasteiger partial charge in [-0.25, -0.2) is 0 Å². The Bertz CT molecular complexity index is 1050. The first-order valence-corrected chi connectivity index (χ1v) is 12.3. The molecule has 0 spiro atoms. The number of para-hydroxylation sites is 1. The van der Waals surface area contributed by atoms with Crippen LogP contribution in [0.4, 0.5) is 0 Å². The molecule has 2 aliphatic rings. The molecule has 32 heavy (non-hydrogen) atoms. The lowest BCUT2D eigenvalue weighted by molar-refractivity contribution is -0.120. The monoisotopic (exact) mass is 447 g/mol. The van der Waals surface area contributed by atoms with Crippen molar-refractivity contribution in [1.82, 2.24) is 25.0 Å². The molecule has 0 radical (unpaired) electrons. The number of rotatable bonds is 8. The summed E-state index contributed by atoms with van der Waals surface area (Å²) in [5.41, 5.74) is 2.37. The van der Waals surface area contributed by atoms with Gasteiger partial charge in [0.2, 0.25) is 5.91 Å². The number of carbonyl (C=O) groups is 1. The smallest absolute Gasteiger partial charge is 0.233 e. The van der Waals surface area contributed by atoms with Gasteiger partial charge in [0.25, 0.3) is 0 Å². The molecule has 2 unspecified atom stereocenters. The first kappa shape index (κ1) is 21.2. The summed E-state index contributed by atoms with van der Waals surface area (Å²) in [5.74, 6) is 1.56. The van der Waals surface area contributed by atoms with Crippen LogP contribution in [0.3, 0.4) is 0 Å². The van der Waals surface area contributed by atoms with Gasteiger partial charge in [0.15, 0.2) is 5.16 Å². The molecule has 1 aliphatic carbocycles. The van der Waals surface area contributed by atoms with E-state index in [0.717, 1.165) is 55.6 Å². The van der Waals surface area contributed by atoms with Crippen LogP contribution in [0.25, 0.3) is 5.69 Å². The van der Waals surface area contributed by atoms with E-state index >= 15 is 0 Å². The zero-order valence-electron chi connectivity index (χ0n) is 18.4. The van der Waals surface area contributed by atoms with Crippen LogP contribution in [0.15, 0.2) is 65.8 Å². The van der Waals surface area contributed by atoms with Gasteiger partial charge >= 0.3 is 0 Å². The van der Waals surface area contributed by atoms with Gasteiger partial charge < -0.3 is 5.32 Å². The van der Waals surface area contributed by atoms with Crippen molar-refractivity contribution in [3.05, 3.63) is 72.1 Å². The summed E-state index contributed by atoms with van der Waals surface area (Å²) in [6.07, 6.45) is 3.31. The predicted octanol–water partition coefficient (Wildman–Crippen LogP) is 4.02. The van der Waals surface area contributed by atoms with Crippen LogP contribution in [0.5, 0.6) is 0 Å². The number of nitrogens with zero attached hydrogens (tertiary/aromatic N) is 4. The molecular weight excluding hydrogens is 418 g/mol. The number of likely N-dealkylation sites (tertiary alicyclic amines) is 1. The maximum atomic E-state index is 13.0. The highest BCUT2D eigenvalue weighted by atomic mass is 32.2. The van der Waals surface area contributed by atoms with E-state index in [-0.39, 0.29) is 17.2 Å². The van der Waals surface area contributed by atoms with Gasteiger partial charge in [0.1, 0.15) is 5.82 Å². The van der Waals surface area contributed by atoms with Gasteiger partial charge in [-0.05, 0) is 43.9 Å². The van der Waals surface area contributed by atoms with Crippen molar-refractivity contribution in [3.8, 4) is 5.69 Å². The summed E-state index contributed by atoms with van der Waals surface area (Å²) in [7, 11) is 0. The zero-order chi connectivity index (χ0) is 21.9. The first-order chi connectivity index (χ1) is 15.7. The highest BCUT2D eigenvalue weighted by molar-refractivity contribution is 8.00. The van der Waals surface area contributed by atoms with Gasteiger partial charge in [-0.1, -0.05) is 60.3 Å². The molecule has 2 fully saturated rings. The van der Waals surface area contributed by atoms with Gasteiger partial charge in [-0.3, -0.25) is 14.3 Å². The SMILES string of the molecule is CC(Sc1nnc(C2CC2)n1-c1ccccc1)C(=O)NC1CCN(Cc2ccccc2)C1. The minimum atomic E-state index is -0.239. The summed E-state index contributed by atoms with van der Waals surface area (Å²) in [4.78, 5) is 15.4. The Hall–Kier alpha value is -2.64. The van der Waals surface area contributed by atoms with E-state index in [0.29, 0.717) is 5.92 Å². The topological polar surface area (TPSA) is 63.1 Å². The predicted molar refractivity (Wildman–Crippen MR) is 127 cm³/mol. The van der Waals surface area contributed by atoms with E-state index in [2.05, 4.69) is 61.4 Å². The second kappa shape index (κ2) is 9.46. The minimum Gasteiger partial charge on any atom is -0.351 e. The van der Waals surface area contributed by atoms with Crippen molar-refractivity contribution >= 4 is 17.7 Å². The summed E-state index contributed by atoms with van der Waals surface area (Å²) in [5, 5.41) is 12.7. The van der Waals surface area contributed by atoms with Crippen molar-refractivity contribution in [1.29, 1.82) is 0 Å². The van der Waals surface area contributed by atoms with E-state index in [1.54, 1.807) is 0 Å². The highest BCUT2D eigenvalue weighted by Gasteiger charge is 2.32. The van der Waals surface area contributed by atoms with Crippen molar-refractivity contribution in [3.63, 3.8) is 0 Å². The number of thioether (sulfide) groups is 1.